The van der Waals surface area contributed by atoms with Crippen LogP contribution < -0.4 is 0 Å². The van der Waals surface area contributed by atoms with Crippen LogP contribution in [0.3, 0.4) is 0 Å². The van der Waals surface area contributed by atoms with Gasteiger partial charge in [0.2, 0.25) is 5.71 Å². The van der Waals surface area contributed by atoms with Crippen LogP contribution in [-0.4, -0.2) is 29.9 Å². The fraction of sp³-hybridized carbons (Fsp3) is 0. The summed E-state index contributed by atoms with van der Waals surface area (Å²) in [4.78, 5) is 28.5. The van der Waals surface area contributed by atoms with Gasteiger partial charge in [-0.3, -0.25) is 0 Å². The van der Waals surface area contributed by atoms with Crippen molar-refractivity contribution in [3.63, 3.8) is 0 Å². The molecule has 0 bridgehead atoms. The smallest absolute Gasteiger partial charge is 0.229 e. The first kappa shape index (κ1) is 28.4. The highest BCUT2D eigenvalue weighted by Gasteiger charge is 2.17. The van der Waals surface area contributed by atoms with Gasteiger partial charge in [-0.1, -0.05) is 140 Å². The van der Waals surface area contributed by atoms with Crippen molar-refractivity contribution in [2.75, 3.05) is 0 Å². The Bertz CT molecular complexity index is 2570. The van der Waals surface area contributed by atoms with Crippen molar-refractivity contribution in [2.45, 2.75) is 0 Å². The molecule has 4 aromatic heterocycles. The van der Waals surface area contributed by atoms with Crippen LogP contribution in [0.4, 0.5) is 0 Å². The summed E-state index contributed by atoms with van der Waals surface area (Å²) >= 11 is 0. The highest BCUT2D eigenvalue weighted by molar-refractivity contribution is 6.06. The molecule has 0 radical (unpaired) electrons. The van der Waals surface area contributed by atoms with Gasteiger partial charge in [-0.15, -0.1) is 0 Å². The van der Waals surface area contributed by atoms with E-state index in [-0.39, 0.29) is 0 Å². The second-order valence-electron chi connectivity index (χ2n) is 11.6. The van der Waals surface area contributed by atoms with Gasteiger partial charge in [-0.05, 0) is 22.8 Å². The molecule has 0 aliphatic heterocycles. The molecule has 5 aromatic carbocycles. The maximum absolute atomic E-state index is 6.17. The predicted octanol–water partition coefficient (Wildman–Crippen LogP) is 9.96. The van der Waals surface area contributed by atoms with E-state index in [1.807, 2.05) is 97.2 Å². The fourth-order valence-electron chi connectivity index (χ4n) is 6.03. The van der Waals surface area contributed by atoms with Gasteiger partial charge in [-0.25, -0.2) is 29.9 Å². The first-order valence-electron chi connectivity index (χ1n) is 15.9. The summed E-state index contributed by atoms with van der Waals surface area (Å²) in [5.41, 5.74) is 10.6. The van der Waals surface area contributed by atoms with Crippen molar-refractivity contribution < 1.29 is 4.42 Å². The number of aromatic nitrogens is 6. The number of rotatable bonds is 6. The lowest BCUT2D eigenvalue weighted by Crippen LogP contribution is -2.00. The zero-order valence-electron chi connectivity index (χ0n) is 26.1. The first-order chi connectivity index (χ1) is 24.3. The molecular weight excluding hydrogens is 605 g/mol. The van der Waals surface area contributed by atoms with E-state index in [1.54, 1.807) is 6.33 Å². The zero-order chi connectivity index (χ0) is 32.6. The molecular formula is C42H26N6O. The maximum atomic E-state index is 6.17. The molecule has 230 valence electrons. The van der Waals surface area contributed by atoms with Crippen LogP contribution in [0, 0.1) is 0 Å². The van der Waals surface area contributed by atoms with Crippen LogP contribution in [0.5, 0.6) is 0 Å². The van der Waals surface area contributed by atoms with Crippen LogP contribution in [0.25, 0.3) is 89.9 Å². The van der Waals surface area contributed by atoms with Crippen molar-refractivity contribution in [1.29, 1.82) is 0 Å². The van der Waals surface area contributed by atoms with E-state index in [0.717, 1.165) is 61.1 Å². The van der Waals surface area contributed by atoms with Gasteiger partial charge < -0.3 is 4.42 Å². The molecule has 9 rings (SSSR count). The molecule has 0 aliphatic carbocycles. The van der Waals surface area contributed by atoms with Crippen LogP contribution in [0.1, 0.15) is 0 Å². The Balaban J connectivity index is 1.08. The average Bonchev–Trinajstić information content (AvgIpc) is 3.57. The van der Waals surface area contributed by atoms with Gasteiger partial charge in [0, 0.05) is 34.0 Å². The molecule has 49 heavy (non-hydrogen) atoms. The third-order valence-corrected chi connectivity index (χ3v) is 8.55. The van der Waals surface area contributed by atoms with Crippen LogP contribution >= 0.6 is 0 Å². The SMILES string of the molecule is c1ccc(-c2ccc(-c3nc(-c4ccccc4)nc(-c4ccc(-c5cnc6oc7c(-c8ccccc8)ncnc7c6c5)cc4)n3)cc2)cc1. The normalized spacial score (nSPS) is 11.3. The summed E-state index contributed by atoms with van der Waals surface area (Å²) in [6.45, 7) is 0. The predicted molar refractivity (Wildman–Crippen MR) is 193 cm³/mol. The number of furan rings is 1. The topological polar surface area (TPSA) is 90.5 Å². The third-order valence-electron chi connectivity index (χ3n) is 8.55. The molecule has 0 amide bonds. The standard InChI is InChI=1S/C42H26N6O/c1-4-10-27(11-5-1)28-16-20-32(21-17-28)40-46-39(31-14-8-3-9-15-31)47-41(48-40)33-22-18-29(19-23-33)34-24-35-37-38(49-42(35)43-25-34)36(44-26-45-37)30-12-6-2-7-13-30/h1-26H. The molecule has 0 unspecified atom stereocenters. The molecule has 0 aliphatic rings. The number of nitrogens with zero attached hydrogens (tertiary/aromatic N) is 6. The molecule has 7 heteroatoms. The summed E-state index contributed by atoms with van der Waals surface area (Å²) < 4.78 is 6.17. The minimum Gasteiger partial charge on any atom is -0.434 e. The molecule has 0 spiro atoms. The van der Waals surface area contributed by atoms with E-state index in [9.17, 15) is 0 Å². The minimum atomic E-state index is 0.524. The Morgan fingerprint density at radius 1 is 0.388 bits per heavy atom. The van der Waals surface area contributed by atoms with Gasteiger partial charge >= 0.3 is 0 Å². The summed E-state index contributed by atoms with van der Waals surface area (Å²) in [6, 6.07) is 48.9. The van der Waals surface area contributed by atoms with E-state index < -0.39 is 0 Å². The number of benzene rings is 5. The highest BCUT2D eigenvalue weighted by Crippen LogP contribution is 2.35. The Labute approximate surface area is 281 Å². The molecule has 0 atom stereocenters. The number of hydrogen-bond donors (Lipinski definition) is 0. The van der Waals surface area contributed by atoms with Crippen molar-refractivity contribution in [3.05, 3.63) is 158 Å². The summed E-state index contributed by atoms with van der Waals surface area (Å²) in [7, 11) is 0. The van der Waals surface area contributed by atoms with Gasteiger partial charge in [0.1, 0.15) is 17.5 Å². The Morgan fingerprint density at radius 2 is 0.837 bits per heavy atom. The lowest BCUT2D eigenvalue weighted by Gasteiger charge is -2.10. The van der Waals surface area contributed by atoms with Crippen LogP contribution in [-0.2, 0) is 0 Å². The molecule has 9 aromatic rings. The number of hydrogen-bond acceptors (Lipinski definition) is 7. The second-order valence-corrected chi connectivity index (χ2v) is 11.6. The van der Waals surface area contributed by atoms with Gasteiger partial charge in [0.05, 0.1) is 5.39 Å². The maximum Gasteiger partial charge on any atom is 0.229 e. The van der Waals surface area contributed by atoms with E-state index in [0.29, 0.717) is 28.8 Å². The molecule has 7 nitrogen and oxygen atoms in total. The monoisotopic (exact) mass is 630 g/mol. The van der Waals surface area contributed by atoms with E-state index in [2.05, 4.69) is 69.5 Å². The Kier molecular flexibility index (Phi) is 6.98. The lowest BCUT2D eigenvalue weighted by atomic mass is 10.0. The third kappa shape index (κ3) is 5.39. The number of fused-ring (bicyclic) bond motifs is 3. The molecule has 0 saturated carbocycles. The summed E-state index contributed by atoms with van der Waals surface area (Å²) in [5.74, 6) is 1.84. The second kappa shape index (κ2) is 12.1. The lowest BCUT2D eigenvalue weighted by molar-refractivity contribution is 0.652. The van der Waals surface area contributed by atoms with Crippen molar-refractivity contribution in [2.24, 2.45) is 0 Å². The van der Waals surface area contributed by atoms with E-state index in [4.69, 9.17) is 19.4 Å². The minimum absolute atomic E-state index is 0.524. The highest BCUT2D eigenvalue weighted by atomic mass is 16.3. The number of pyridine rings is 1. The van der Waals surface area contributed by atoms with E-state index >= 15 is 0 Å². The van der Waals surface area contributed by atoms with Crippen molar-refractivity contribution in [1.82, 2.24) is 29.9 Å². The molecule has 0 fully saturated rings. The largest absolute Gasteiger partial charge is 0.434 e. The van der Waals surface area contributed by atoms with Gasteiger partial charge in [0.15, 0.2) is 23.1 Å². The average molecular weight is 631 g/mol. The summed E-state index contributed by atoms with van der Waals surface area (Å²) in [6.07, 6.45) is 3.40. The zero-order valence-corrected chi connectivity index (χ0v) is 26.1. The van der Waals surface area contributed by atoms with Crippen molar-refractivity contribution in [3.8, 4) is 67.7 Å². The Morgan fingerprint density at radius 3 is 1.41 bits per heavy atom. The van der Waals surface area contributed by atoms with Gasteiger partial charge in [-0.2, -0.15) is 0 Å². The fourth-order valence-corrected chi connectivity index (χ4v) is 6.03. The quantitative estimate of drug-likeness (QED) is 0.181. The van der Waals surface area contributed by atoms with Crippen LogP contribution in [0.15, 0.2) is 163 Å². The van der Waals surface area contributed by atoms with Crippen LogP contribution in [0.2, 0.25) is 0 Å². The van der Waals surface area contributed by atoms with E-state index in [1.165, 1.54) is 0 Å². The molecule has 4 heterocycles. The first-order valence-corrected chi connectivity index (χ1v) is 15.9. The van der Waals surface area contributed by atoms with Gasteiger partial charge in [0.25, 0.3) is 0 Å². The molecule has 0 N–H and O–H groups in total. The van der Waals surface area contributed by atoms with Crippen molar-refractivity contribution >= 4 is 22.2 Å². The molecule has 0 saturated heterocycles. The Hall–Kier alpha value is -6.86. The summed E-state index contributed by atoms with van der Waals surface area (Å²) in [5, 5.41) is 0.837.